The Balaban J connectivity index is 2.85. The molecule has 0 aromatic heterocycles. The molecule has 2 amide bonds. The van der Waals surface area contributed by atoms with Gasteiger partial charge >= 0.3 is 0 Å². The Labute approximate surface area is 124 Å². The number of aliphatic hydroxyl groups is 1. The highest BCUT2D eigenvalue weighted by atomic mass is 16.2. The van der Waals surface area contributed by atoms with E-state index in [0.29, 0.717) is 24.1 Å². The minimum atomic E-state index is -0.335. The summed E-state index contributed by atoms with van der Waals surface area (Å²) >= 11 is 0. The van der Waals surface area contributed by atoms with Gasteiger partial charge in [0.15, 0.2) is 0 Å². The highest BCUT2D eigenvalue weighted by molar-refractivity contribution is 5.98. The molecule has 21 heavy (non-hydrogen) atoms. The average Bonchev–Trinajstić information content (AvgIpc) is 2.46. The number of benzene rings is 1. The first kappa shape index (κ1) is 16.7. The molecule has 0 bridgehead atoms. The largest absolute Gasteiger partial charge is 0.395 e. The summed E-state index contributed by atoms with van der Waals surface area (Å²) in [7, 11) is 0. The predicted molar refractivity (Wildman–Crippen MR) is 80.8 cm³/mol. The molecular weight excluding hydrogens is 268 g/mol. The fourth-order valence-electron chi connectivity index (χ4n) is 1.68. The van der Waals surface area contributed by atoms with Gasteiger partial charge in [-0.3, -0.25) is 9.59 Å². The Bertz CT molecular complexity index is 571. The molecule has 0 unspecified atom stereocenters. The summed E-state index contributed by atoms with van der Waals surface area (Å²) in [6.45, 7) is 4.14. The van der Waals surface area contributed by atoms with E-state index in [1.54, 1.807) is 12.1 Å². The number of rotatable bonds is 5. The quantitative estimate of drug-likeness (QED) is 0.694. The van der Waals surface area contributed by atoms with E-state index in [-0.39, 0.29) is 25.0 Å². The maximum Gasteiger partial charge on any atom is 0.252 e. The van der Waals surface area contributed by atoms with Crippen LogP contribution < -0.4 is 10.6 Å². The van der Waals surface area contributed by atoms with E-state index in [1.165, 1.54) is 0 Å². The molecule has 0 heterocycles. The number of carbonyl (C=O) groups is 2. The molecule has 0 saturated heterocycles. The van der Waals surface area contributed by atoms with Gasteiger partial charge in [-0.25, -0.2) is 0 Å². The zero-order chi connectivity index (χ0) is 15.7. The normalized spacial score (nSPS) is 9.48. The summed E-state index contributed by atoms with van der Waals surface area (Å²) < 4.78 is 0. The fourth-order valence-corrected chi connectivity index (χ4v) is 1.68. The summed E-state index contributed by atoms with van der Waals surface area (Å²) in [5, 5.41) is 13.9. The molecule has 0 aliphatic heterocycles. The van der Waals surface area contributed by atoms with Crippen molar-refractivity contribution in [2.24, 2.45) is 0 Å². The second-order valence-corrected chi connectivity index (χ2v) is 4.46. The summed E-state index contributed by atoms with van der Waals surface area (Å²) in [5.74, 6) is 5.09. The Morgan fingerprint density at radius 3 is 2.71 bits per heavy atom. The lowest BCUT2D eigenvalue weighted by molar-refractivity contribution is -0.120. The van der Waals surface area contributed by atoms with Crippen LogP contribution in [0, 0.1) is 18.8 Å². The maximum atomic E-state index is 12.2. The molecule has 0 atom stereocenters. The van der Waals surface area contributed by atoms with Crippen molar-refractivity contribution >= 4 is 11.8 Å². The van der Waals surface area contributed by atoms with E-state index in [9.17, 15) is 9.59 Å². The van der Waals surface area contributed by atoms with Gasteiger partial charge in [0.2, 0.25) is 5.91 Å². The number of amides is 2. The van der Waals surface area contributed by atoms with Gasteiger partial charge in [0, 0.05) is 18.5 Å². The molecule has 0 aliphatic carbocycles. The van der Waals surface area contributed by atoms with Crippen LogP contribution >= 0.6 is 0 Å². The van der Waals surface area contributed by atoms with Crippen LogP contribution in [-0.4, -0.2) is 36.6 Å². The van der Waals surface area contributed by atoms with E-state index in [1.807, 2.05) is 19.9 Å². The minimum Gasteiger partial charge on any atom is -0.395 e. The number of aliphatic hydroxyl groups excluding tert-OH is 1. The molecule has 0 fully saturated rings. The zero-order valence-electron chi connectivity index (χ0n) is 12.3. The first-order valence-corrected chi connectivity index (χ1v) is 6.83. The first-order valence-electron chi connectivity index (χ1n) is 6.83. The summed E-state index contributed by atoms with van der Waals surface area (Å²) in [6, 6.07) is 5.36. The molecule has 0 aliphatic rings. The van der Waals surface area contributed by atoms with Crippen molar-refractivity contribution in [2.75, 3.05) is 19.7 Å². The Morgan fingerprint density at radius 2 is 2.05 bits per heavy atom. The molecule has 0 spiro atoms. The Kier molecular flexibility index (Phi) is 6.99. The van der Waals surface area contributed by atoms with Crippen LogP contribution in [0.15, 0.2) is 18.2 Å². The van der Waals surface area contributed by atoms with Gasteiger partial charge in [-0.1, -0.05) is 23.5 Å². The van der Waals surface area contributed by atoms with Crippen LogP contribution in [0.5, 0.6) is 0 Å². The molecule has 0 radical (unpaired) electrons. The average molecular weight is 288 g/mol. The topological polar surface area (TPSA) is 78.4 Å². The summed E-state index contributed by atoms with van der Waals surface area (Å²) in [4.78, 5) is 23.5. The van der Waals surface area contributed by atoms with Crippen molar-refractivity contribution < 1.29 is 14.7 Å². The second kappa shape index (κ2) is 8.77. The lowest BCUT2D eigenvalue weighted by atomic mass is 10.0. The van der Waals surface area contributed by atoms with E-state index in [2.05, 4.69) is 22.5 Å². The van der Waals surface area contributed by atoms with Gasteiger partial charge in [0.05, 0.1) is 18.7 Å². The maximum absolute atomic E-state index is 12.2. The van der Waals surface area contributed by atoms with E-state index >= 15 is 0 Å². The van der Waals surface area contributed by atoms with E-state index < -0.39 is 0 Å². The molecule has 0 saturated carbocycles. The SMILES string of the molecule is CCNC(=O)CNC(=O)c1cc(C)ccc1C#CCCO. The minimum absolute atomic E-state index is 0.0163. The van der Waals surface area contributed by atoms with E-state index in [4.69, 9.17) is 5.11 Å². The van der Waals surface area contributed by atoms with Gasteiger partial charge in [0.1, 0.15) is 0 Å². The number of hydrogen-bond donors (Lipinski definition) is 3. The van der Waals surface area contributed by atoms with Crippen LogP contribution in [0.25, 0.3) is 0 Å². The van der Waals surface area contributed by atoms with Crippen molar-refractivity contribution in [1.29, 1.82) is 0 Å². The lowest BCUT2D eigenvalue weighted by Crippen LogP contribution is -2.37. The van der Waals surface area contributed by atoms with E-state index in [0.717, 1.165) is 5.56 Å². The highest BCUT2D eigenvalue weighted by Crippen LogP contribution is 2.10. The molecule has 1 aromatic carbocycles. The Morgan fingerprint density at radius 1 is 1.29 bits per heavy atom. The molecule has 5 nitrogen and oxygen atoms in total. The monoisotopic (exact) mass is 288 g/mol. The summed E-state index contributed by atoms with van der Waals surface area (Å²) in [6.07, 6.45) is 0.355. The lowest BCUT2D eigenvalue weighted by Gasteiger charge is -2.08. The molecule has 3 N–H and O–H groups in total. The zero-order valence-corrected chi connectivity index (χ0v) is 12.3. The predicted octanol–water partition coefficient (Wildman–Crippen LogP) is 0.595. The van der Waals surface area contributed by atoms with Crippen molar-refractivity contribution in [3.63, 3.8) is 0 Å². The van der Waals surface area contributed by atoms with Crippen LogP contribution in [0.1, 0.15) is 34.8 Å². The van der Waals surface area contributed by atoms with Gasteiger partial charge in [-0.15, -0.1) is 0 Å². The number of nitrogens with one attached hydrogen (secondary N) is 2. The molecular formula is C16H20N2O3. The number of hydrogen-bond acceptors (Lipinski definition) is 3. The smallest absolute Gasteiger partial charge is 0.252 e. The molecule has 1 rings (SSSR count). The van der Waals surface area contributed by atoms with Crippen molar-refractivity contribution in [2.45, 2.75) is 20.3 Å². The van der Waals surface area contributed by atoms with Gasteiger partial charge in [-0.2, -0.15) is 0 Å². The molecule has 112 valence electrons. The number of likely N-dealkylation sites (N-methyl/N-ethyl adjacent to an activating group) is 1. The van der Waals surface area contributed by atoms with Gasteiger partial charge < -0.3 is 15.7 Å². The fraction of sp³-hybridized carbons (Fsp3) is 0.375. The van der Waals surface area contributed by atoms with Crippen LogP contribution in [-0.2, 0) is 4.79 Å². The standard InChI is InChI=1S/C16H20N2O3/c1-3-17-15(20)11-18-16(21)14-10-12(2)7-8-13(14)6-4-5-9-19/h7-8,10,19H,3,5,9,11H2,1-2H3,(H,17,20)(H,18,21). The number of aryl methyl sites for hydroxylation is 1. The van der Waals surface area contributed by atoms with Crippen LogP contribution in [0.3, 0.4) is 0 Å². The second-order valence-electron chi connectivity index (χ2n) is 4.46. The molecule has 1 aromatic rings. The third-order valence-corrected chi connectivity index (χ3v) is 2.66. The van der Waals surface area contributed by atoms with Crippen molar-refractivity contribution in [1.82, 2.24) is 10.6 Å². The van der Waals surface area contributed by atoms with Crippen LogP contribution in [0.2, 0.25) is 0 Å². The highest BCUT2D eigenvalue weighted by Gasteiger charge is 2.11. The first-order chi connectivity index (χ1) is 10.1. The third-order valence-electron chi connectivity index (χ3n) is 2.66. The third kappa shape index (κ3) is 5.67. The van der Waals surface area contributed by atoms with Crippen LogP contribution in [0.4, 0.5) is 0 Å². The van der Waals surface area contributed by atoms with Crippen molar-refractivity contribution in [3.8, 4) is 11.8 Å². The number of carbonyl (C=O) groups excluding carboxylic acids is 2. The van der Waals surface area contributed by atoms with Gasteiger partial charge in [0.25, 0.3) is 5.91 Å². The van der Waals surface area contributed by atoms with Gasteiger partial charge in [-0.05, 0) is 26.0 Å². The Hall–Kier alpha value is -2.32. The molecule has 5 heteroatoms. The van der Waals surface area contributed by atoms with Crippen molar-refractivity contribution in [3.05, 3.63) is 34.9 Å². The summed E-state index contributed by atoms with van der Waals surface area (Å²) in [5.41, 5.74) is 1.96.